The summed E-state index contributed by atoms with van der Waals surface area (Å²) in [6.45, 7) is 11.7. The summed E-state index contributed by atoms with van der Waals surface area (Å²) in [5.41, 5.74) is 3.28. The molecule has 1 heterocycles. The Labute approximate surface area is 135 Å². The van der Waals surface area contributed by atoms with Crippen LogP contribution in [-0.4, -0.2) is 17.5 Å². The fourth-order valence-corrected chi connectivity index (χ4v) is 4.64. The van der Waals surface area contributed by atoms with Crippen molar-refractivity contribution < 1.29 is 0 Å². The Balaban J connectivity index is 1.98. The molecule has 1 saturated heterocycles. The van der Waals surface area contributed by atoms with Gasteiger partial charge in [0.1, 0.15) is 0 Å². The van der Waals surface area contributed by atoms with Gasteiger partial charge in [0.25, 0.3) is 0 Å². The second-order valence-corrected chi connectivity index (χ2v) is 8.74. The Bertz CT molecular complexity index is 435. The molecule has 1 N–H and O–H groups in total. The Kier molecular flexibility index (Phi) is 5.79. The Hall–Kier alpha value is -0.470. The number of hydrogen-bond acceptors (Lipinski definition) is 2. The molecule has 0 amide bonds. The molecule has 21 heavy (non-hydrogen) atoms. The van der Waals surface area contributed by atoms with Crippen molar-refractivity contribution in [3.63, 3.8) is 0 Å². The van der Waals surface area contributed by atoms with E-state index in [0.717, 1.165) is 5.92 Å². The molecule has 0 spiro atoms. The van der Waals surface area contributed by atoms with Crippen molar-refractivity contribution in [3.05, 3.63) is 35.4 Å². The van der Waals surface area contributed by atoms with Crippen LogP contribution >= 0.6 is 11.8 Å². The first-order valence-corrected chi connectivity index (χ1v) is 9.46. The molecule has 0 aliphatic carbocycles. The third kappa shape index (κ3) is 4.75. The van der Waals surface area contributed by atoms with E-state index in [4.69, 9.17) is 0 Å². The molecule has 1 aliphatic heterocycles. The highest BCUT2D eigenvalue weighted by Gasteiger charge is 2.33. The van der Waals surface area contributed by atoms with Crippen molar-refractivity contribution in [2.75, 3.05) is 11.5 Å². The summed E-state index contributed by atoms with van der Waals surface area (Å²) in [7, 11) is 0. The minimum absolute atomic E-state index is 0.414. The SMILES string of the molecule is CC(C)Cc1ccc(C(C)NC2CSCCC2(C)C)cc1. The van der Waals surface area contributed by atoms with Crippen molar-refractivity contribution in [1.29, 1.82) is 0 Å². The smallest absolute Gasteiger partial charge is 0.0294 e. The molecule has 1 aromatic carbocycles. The molecule has 2 heteroatoms. The van der Waals surface area contributed by atoms with E-state index in [-0.39, 0.29) is 0 Å². The summed E-state index contributed by atoms with van der Waals surface area (Å²) >= 11 is 2.09. The zero-order valence-electron chi connectivity index (χ0n) is 14.3. The predicted octanol–water partition coefficient (Wildman–Crippen LogP) is 5.07. The maximum atomic E-state index is 3.86. The fraction of sp³-hybridized carbons (Fsp3) is 0.684. The molecule has 2 unspecified atom stereocenters. The number of benzene rings is 1. The van der Waals surface area contributed by atoms with Crippen LogP contribution in [0.3, 0.4) is 0 Å². The largest absolute Gasteiger partial charge is 0.306 e. The molecule has 1 aromatic rings. The van der Waals surface area contributed by atoms with Gasteiger partial charge in [-0.1, -0.05) is 52.0 Å². The van der Waals surface area contributed by atoms with Gasteiger partial charge in [0.15, 0.2) is 0 Å². The molecule has 1 fully saturated rings. The maximum absolute atomic E-state index is 3.86. The number of rotatable bonds is 5. The summed E-state index contributed by atoms with van der Waals surface area (Å²) < 4.78 is 0. The maximum Gasteiger partial charge on any atom is 0.0294 e. The molecule has 0 radical (unpaired) electrons. The van der Waals surface area contributed by atoms with Crippen LogP contribution < -0.4 is 5.32 Å². The summed E-state index contributed by atoms with van der Waals surface area (Å²) in [5, 5.41) is 3.86. The zero-order valence-corrected chi connectivity index (χ0v) is 15.1. The normalized spacial score (nSPS) is 23.2. The van der Waals surface area contributed by atoms with Gasteiger partial charge in [-0.05, 0) is 48.0 Å². The van der Waals surface area contributed by atoms with Gasteiger partial charge in [0.05, 0.1) is 0 Å². The lowest BCUT2D eigenvalue weighted by Crippen LogP contribution is -2.47. The van der Waals surface area contributed by atoms with E-state index >= 15 is 0 Å². The zero-order chi connectivity index (χ0) is 15.5. The van der Waals surface area contributed by atoms with Crippen LogP contribution in [0.4, 0.5) is 0 Å². The Morgan fingerprint density at radius 2 is 1.86 bits per heavy atom. The van der Waals surface area contributed by atoms with E-state index in [0.29, 0.717) is 17.5 Å². The third-order valence-electron chi connectivity index (χ3n) is 4.69. The van der Waals surface area contributed by atoms with Crippen molar-refractivity contribution in [2.24, 2.45) is 11.3 Å². The first-order valence-electron chi connectivity index (χ1n) is 8.31. The summed E-state index contributed by atoms with van der Waals surface area (Å²) in [5.74, 6) is 3.28. The highest BCUT2D eigenvalue weighted by atomic mass is 32.2. The number of thioether (sulfide) groups is 1. The average molecular weight is 306 g/mol. The van der Waals surface area contributed by atoms with E-state index in [1.54, 1.807) is 0 Å². The van der Waals surface area contributed by atoms with Crippen LogP contribution in [0.25, 0.3) is 0 Å². The molecule has 2 atom stereocenters. The summed E-state index contributed by atoms with van der Waals surface area (Å²) in [4.78, 5) is 0. The molecule has 118 valence electrons. The van der Waals surface area contributed by atoms with E-state index < -0.39 is 0 Å². The van der Waals surface area contributed by atoms with Gasteiger partial charge in [-0.2, -0.15) is 11.8 Å². The highest BCUT2D eigenvalue weighted by Crippen LogP contribution is 2.35. The minimum Gasteiger partial charge on any atom is -0.306 e. The molecular formula is C19H31NS. The van der Waals surface area contributed by atoms with Gasteiger partial charge in [-0.15, -0.1) is 0 Å². The highest BCUT2D eigenvalue weighted by molar-refractivity contribution is 7.99. The van der Waals surface area contributed by atoms with Gasteiger partial charge < -0.3 is 5.32 Å². The van der Waals surface area contributed by atoms with Gasteiger partial charge in [-0.3, -0.25) is 0 Å². The van der Waals surface area contributed by atoms with Gasteiger partial charge in [0.2, 0.25) is 0 Å². The quantitative estimate of drug-likeness (QED) is 0.815. The Morgan fingerprint density at radius 3 is 2.43 bits per heavy atom. The average Bonchev–Trinajstić information content (AvgIpc) is 2.41. The standard InChI is InChI=1S/C19H31NS/c1-14(2)12-16-6-8-17(9-7-16)15(3)20-18-13-21-11-10-19(18,4)5/h6-9,14-15,18,20H,10-13H2,1-5H3. The first kappa shape index (κ1) is 16.9. The predicted molar refractivity (Wildman–Crippen MR) is 96.0 cm³/mol. The molecular weight excluding hydrogens is 274 g/mol. The van der Waals surface area contributed by atoms with Crippen LogP contribution in [0.5, 0.6) is 0 Å². The van der Waals surface area contributed by atoms with Crippen LogP contribution in [0.1, 0.15) is 58.2 Å². The Morgan fingerprint density at radius 1 is 1.19 bits per heavy atom. The van der Waals surface area contributed by atoms with Crippen LogP contribution in [-0.2, 0) is 6.42 Å². The third-order valence-corrected chi connectivity index (χ3v) is 5.76. The molecule has 2 rings (SSSR count). The van der Waals surface area contributed by atoms with E-state index in [2.05, 4.69) is 76.0 Å². The summed E-state index contributed by atoms with van der Waals surface area (Å²) in [6.07, 6.45) is 2.49. The van der Waals surface area contributed by atoms with Gasteiger partial charge in [-0.25, -0.2) is 0 Å². The lowest BCUT2D eigenvalue weighted by molar-refractivity contribution is 0.232. The lowest BCUT2D eigenvalue weighted by atomic mass is 9.81. The van der Waals surface area contributed by atoms with Crippen molar-refractivity contribution >= 4 is 11.8 Å². The van der Waals surface area contributed by atoms with Crippen molar-refractivity contribution in [3.8, 4) is 0 Å². The molecule has 0 aromatic heterocycles. The second kappa shape index (κ2) is 7.19. The van der Waals surface area contributed by atoms with E-state index in [1.165, 1.54) is 35.5 Å². The monoisotopic (exact) mass is 305 g/mol. The van der Waals surface area contributed by atoms with Crippen LogP contribution in [0, 0.1) is 11.3 Å². The molecule has 1 nitrogen and oxygen atoms in total. The van der Waals surface area contributed by atoms with Gasteiger partial charge in [0, 0.05) is 17.8 Å². The van der Waals surface area contributed by atoms with Gasteiger partial charge >= 0.3 is 0 Å². The van der Waals surface area contributed by atoms with Crippen molar-refractivity contribution in [1.82, 2.24) is 5.32 Å². The molecule has 1 aliphatic rings. The molecule has 0 saturated carbocycles. The number of nitrogens with one attached hydrogen (secondary N) is 1. The lowest BCUT2D eigenvalue weighted by Gasteiger charge is -2.40. The van der Waals surface area contributed by atoms with E-state index in [9.17, 15) is 0 Å². The second-order valence-electron chi connectivity index (χ2n) is 7.59. The first-order chi connectivity index (χ1) is 9.88. The van der Waals surface area contributed by atoms with Crippen LogP contribution in [0.15, 0.2) is 24.3 Å². The summed E-state index contributed by atoms with van der Waals surface area (Å²) in [6, 6.07) is 10.3. The molecule has 0 bridgehead atoms. The fourth-order valence-electron chi connectivity index (χ4n) is 3.02. The topological polar surface area (TPSA) is 12.0 Å². The van der Waals surface area contributed by atoms with E-state index in [1.807, 2.05) is 0 Å². The minimum atomic E-state index is 0.414. The van der Waals surface area contributed by atoms with Crippen molar-refractivity contribution in [2.45, 2.75) is 59.5 Å². The number of hydrogen-bond donors (Lipinski definition) is 1. The van der Waals surface area contributed by atoms with Crippen LogP contribution in [0.2, 0.25) is 0 Å².